The number of hydrogen-bond donors (Lipinski definition) is 0. The van der Waals surface area contributed by atoms with Crippen LogP contribution >= 0.6 is 11.8 Å². The Balaban J connectivity index is 1.42. The van der Waals surface area contributed by atoms with Crippen molar-refractivity contribution in [1.29, 1.82) is 0 Å². The highest BCUT2D eigenvalue weighted by atomic mass is 32.2. The van der Waals surface area contributed by atoms with Gasteiger partial charge in [0.15, 0.2) is 0 Å². The van der Waals surface area contributed by atoms with Crippen LogP contribution in [0.4, 0.5) is 19.7 Å². The van der Waals surface area contributed by atoms with Crippen LogP contribution in [-0.2, 0) is 9.47 Å². The van der Waals surface area contributed by atoms with E-state index in [0.717, 1.165) is 17.1 Å². The summed E-state index contributed by atoms with van der Waals surface area (Å²) in [6.45, 7) is 5.65. The van der Waals surface area contributed by atoms with E-state index >= 15 is 0 Å². The van der Waals surface area contributed by atoms with Crippen LogP contribution < -0.4 is 4.90 Å². The lowest BCUT2D eigenvalue weighted by molar-refractivity contribution is -0.0474. The van der Waals surface area contributed by atoms with Gasteiger partial charge in [0, 0.05) is 12.6 Å². The maximum Gasteiger partial charge on any atom is 0.417 e. The maximum atomic E-state index is 14.7. The molecule has 1 aliphatic carbocycles. The minimum Gasteiger partial charge on any atom is -0.407 e. The summed E-state index contributed by atoms with van der Waals surface area (Å²) >= 11 is 1.93. The van der Waals surface area contributed by atoms with E-state index in [1.807, 2.05) is 32.5 Å². The fourth-order valence-corrected chi connectivity index (χ4v) is 5.42. The topological polar surface area (TPSA) is 59.1 Å². The van der Waals surface area contributed by atoms with Crippen molar-refractivity contribution in [3.05, 3.63) is 29.6 Å². The molecule has 2 amide bonds. The molecule has 1 saturated carbocycles. The standard InChI is InChI=1S/C20H25FN2O4S/c1-20(2,3)22(4)18(24)26-16-8-23(19(25)27-16)11-5-6-12(15(21)7-11)17-13-9-28-10-14(13)17/h5-7,13-14,16-17H,8-10H2,1-4H3/t13-,14+,16-,17?/m0/s1. The lowest BCUT2D eigenvalue weighted by Gasteiger charge is -2.31. The van der Waals surface area contributed by atoms with E-state index in [1.54, 1.807) is 19.2 Å². The maximum absolute atomic E-state index is 14.7. The summed E-state index contributed by atoms with van der Waals surface area (Å²) in [4.78, 5) is 27.1. The fourth-order valence-electron chi connectivity index (χ4n) is 3.83. The molecule has 1 aromatic rings. The van der Waals surface area contributed by atoms with Gasteiger partial charge < -0.3 is 14.4 Å². The van der Waals surface area contributed by atoms with Gasteiger partial charge in [0.25, 0.3) is 6.29 Å². The van der Waals surface area contributed by atoms with Crippen LogP contribution in [0.3, 0.4) is 0 Å². The highest BCUT2D eigenvalue weighted by Gasteiger charge is 2.54. The third-order valence-electron chi connectivity index (χ3n) is 5.90. The van der Waals surface area contributed by atoms with Crippen LogP contribution in [0.2, 0.25) is 0 Å². The van der Waals surface area contributed by atoms with Gasteiger partial charge in [0.05, 0.1) is 5.69 Å². The molecule has 0 radical (unpaired) electrons. The number of amides is 2. The molecule has 8 heteroatoms. The first-order valence-corrected chi connectivity index (χ1v) is 10.6. The Morgan fingerprint density at radius 2 is 2.00 bits per heavy atom. The summed E-state index contributed by atoms with van der Waals surface area (Å²) in [5, 5.41) is 0. The molecule has 1 aromatic carbocycles. The highest BCUT2D eigenvalue weighted by molar-refractivity contribution is 7.99. The number of carbonyl (C=O) groups is 2. The van der Waals surface area contributed by atoms with Gasteiger partial charge in [-0.25, -0.2) is 14.0 Å². The van der Waals surface area contributed by atoms with E-state index in [2.05, 4.69) is 0 Å². The average molecular weight is 408 g/mol. The quantitative estimate of drug-likeness (QED) is 0.755. The monoisotopic (exact) mass is 408 g/mol. The molecule has 0 spiro atoms. The summed E-state index contributed by atoms with van der Waals surface area (Å²) in [5.74, 6) is 3.40. The fraction of sp³-hybridized carbons (Fsp3) is 0.600. The molecule has 4 rings (SSSR count). The Hall–Kier alpha value is -1.96. The zero-order valence-electron chi connectivity index (χ0n) is 16.5. The Morgan fingerprint density at radius 1 is 1.32 bits per heavy atom. The number of halogens is 1. The van der Waals surface area contributed by atoms with E-state index in [4.69, 9.17) is 9.47 Å². The number of rotatable bonds is 3. The third-order valence-corrected chi connectivity index (χ3v) is 7.14. The van der Waals surface area contributed by atoms with Gasteiger partial charge in [0.1, 0.15) is 12.4 Å². The molecule has 0 bridgehead atoms. The third kappa shape index (κ3) is 3.43. The normalized spacial score (nSPS) is 28.8. The first kappa shape index (κ1) is 19.4. The second-order valence-electron chi connectivity index (χ2n) is 8.63. The second-order valence-corrected chi connectivity index (χ2v) is 9.71. The molecular weight excluding hydrogens is 383 g/mol. The van der Waals surface area contributed by atoms with Gasteiger partial charge >= 0.3 is 12.2 Å². The van der Waals surface area contributed by atoms with Gasteiger partial charge in [-0.2, -0.15) is 11.8 Å². The van der Waals surface area contributed by atoms with Crippen molar-refractivity contribution < 1.29 is 23.5 Å². The van der Waals surface area contributed by atoms with Crippen LogP contribution in [0, 0.1) is 17.7 Å². The molecule has 0 aromatic heterocycles. The number of anilines is 1. The van der Waals surface area contributed by atoms with Crippen molar-refractivity contribution in [2.24, 2.45) is 11.8 Å². The van der Waals surface area contributed by atoms with Crippen molar-refractivity contribution in [3.8, 4) is 0 Å². The Bertz CT molecular complexity index is 802. The number of benzene rings is 1. The molecule has 3 aliphatic rings. The second kappa shape index (κ2) is 6.83. The summed E-state index contributed by atoms with van der Waals surface area (Å²) in [6, 6.07) is 4.90. The summed E-state index contributed by atoms with van der Waals surface area (Å²) < 4.78 is 25.1. The van der Waals surface area contributed by atoms with E-state index in [1.165, 1.54) is 15.9 Å². The predicted octanol–water partition coefficient (Wildman–Crippen LogP) is 4.05. The number of ether oxygens (including phenoxy) is 2. The highest BCUT2D eigenvalue weighted by Crippen LogP contribution is 2.61. The summed E-state index contributed by atoms with van der Waals surface area (Å²) in [5.41, 5.74) is 0.730. The van der Waals surface area contributed by atoms with Crippen LogP contribution in [-0.4, -0.2) is 54.0 Å². The first-order valence-electron chi connectivity index (χ1n) is 9.46. The van der Waals surface area contributed by atoms with E-state index in [0.29, 0.717) is 23.4 Å². The number of hydrogen-bond acceptors (Lipinski definition) is 5. The first-order chi connectivity index (χ1) is 13.2. The van der Waals surface area contributed by atoms with E-state index in [-0.39, 0.29) is 12.4 Å². The van der Waals surface area contributed by atoms with E-state index < -0.39 is 24.0 Å². The van der Waals surface area contributed by atoms with E-state index in [9.17, 15) is 14.0 Å². The lowest BCUT2D eigenvalue weighted by atomic mass is 10.1. The number of fused-ring (bicyclic) bond motifs is 1. The molecule has 4 atom stereocenters. The van der Waals surface area contributed by atoms with Gasteiger partial charge in [-0.1, -0.05) is 6.07 Å². The minimum atomic E-state index is -1.02. The zero-order valence-corrected chi connectivity index (χ0v) is 17.3. The molecule has 0 N–H and O–H groups in total. The largest absolute Gasteiger partial charge is 0.417 e. The minimum absolute atomic E-state index is 0.0344. The Morgan fingerprint density at radius 3 is 2.61 bits per heavy atom. The number of cyclic esters (lactones) is 1. The molecule has 6 nitrogen and oxygen atoms in total. The van der Waals surface area contributed by atoms with Crippen molar-refractivity contribution in [2.75, 3.05) is 30.0 Å². The lowest BCUT2D eigenvalue weighted by Crippen LogP contribution is -2.44. The van der Waals surface area contributed by atoms with Crippen molar-refractivity contribution in [2.45, 2.75) is 38.5 Å². The van der Waals surface area contributed by atoms with Gasteiger partial charge in [0.2, 0.25) is 0 Å². The van der Waals surface area contributed by atoms with Gasteiger partial charge in [-0.05, 0) is 67.7 Å². The molecule has 2 saturated heterocycles. The zero-order chi connectivity index (χ0) is 20.2. The van der Waals surface area contributed by atoms with Crippen molar-refractivity contribution >= 4 is 29.6 Å². The Labute approximate surface area is 168 Å². The molecule has 3 fully saturated rings. The smallest absolute Gasteiger partial charge is 0.407 e. The summed E-state index contributed by atoms with van der Waals surface area (Å²) in [6.07, 6.45) is -2.25. The van der Waals surface area contributed by atoms with Crippen LogP contribution in [0.15, 0.2) is 18.2 Å². The number of carbonyl (C=O) groups excluding carboxylic acids is 2. The Kier molecular flexibility index (Phi) is 4.72. The number of thioether (sulfide) groups is 1. The van der Waals surface area contributed by atoms with Crippen LogP contribution in [0.5, 0.6) is 0 Å². The average Bonchev–Trinajstić information content (AvgIpc) is 2.94. The predicted molar refractivity (Wildman–Crippen MR) is 105 cm³/mol. The van der Waals surface area contributed by atoms with Gasteiger partial charge in [-0.15, -0.1) is 0 Å². The van der Waals surface area contributed by atoms with Crippen LogP contribution in [0.25, 0.3) is 0 Å². The molecule has 28 heavy (non-hydrogen) atoms. The molecule has 1 unspecified atom stereocenters. The summed E-state index contributed by atoms with van der Waals surface area (Å²) in [7, 11) is 1.62. The number of nitrogens with zero attached hydrogens (tertiary/aromatic N) is 2. The molecule has 2 heterocycles. The van der Waals surface area contributed by atoms with Crippen LogP contribution in [0.1, 0.15) is 32.3 Å². The SMILES string of the molecule is CN(C(=O)O[C@@H]1CN(c2ccc(C3[C@H]4CSC[C@@H]34)c(F)c2)C(=O)O1)C(C)(C)C. The van der Waals surface area contributed by atoms with Crippen molar-refractivity contribution in [3.63, 3.8) is 0 Å². The van der Waals surface area contributed by atoms with Crippen molar-refractivity contribution in [1.82, 2.24) is 4.90 Å². The molecule has 152 valence electrons. The van der Waals surface area contributed by atoms with Gasteiger partial charge in [-0.3, -0.25) is 4.90 Å². The molecular formula is C20H25FN2O4S. The molecule has 2 aliphatic heterocycles.